The van der Waals surface area contributed by atoms with Crippen molar-refractivity contribution >= 4 is 17.4 Å². The summed E-state index contributed by atoms with van der Waals surface area (Å²) < 4.78 is 5.41. The van der Waals surface area contributed by atoms with Crippen LogP contribution >= 0.6 is 11.6 Å². The molecule has 0 fully saturated rings. The summed E-state index contributed by atoms with van der Waals surface area (Å²) in [5, 5.41) is 20.0. The maximum Gasteiger partial charge on any atom is 0.170 e. The minimum atomic E-state index is -0.398. The Morgan fingerprint density at radius 2 is 1.86 bits per heavy atom. The molecule has 5 heteroatoms. The molecule has 1 rings (SSSR count). The summed E-state index contributed by atoms with van der Waals surface area (Å²) in [6.07, 6.45) is 4.73. The molecule has 21 heavy (non-hydrogen) atoms. The lowest BCUT2D eigenvalue weighted by Crippen LogP contribution is -2.03. The van der Waals surface area contributed by atoms with E-state index in [0.29, 0.717) is 6.61 Å². The number of benzene rings is 1. The van der Waals surface area contributed by atoms with Crippen molar-refractivity contribution in [3.63, 3.8) is 0 Å². The number of carbonyl (C=O) groups is 1. The summed E-state index contributed by atoms with van der Waals surface area (Å²) in [5.41, 5.74) is -0.112. The van der Waals surface area contributed by atoms with E-state index in [4.69, 9.17) is 16.3 Å². The Morgan fingerprint density at radius 1 is 1.19 bits per heavy atom. The van der Waals surface area contributed by atoms with Gasteiger partial charge < -0.3 is 14.9 Å². The van der Waals surface area contributed by atoms with Crippen LogP contribution in [-0.4, -0.2) is 22.6 Å². The number of hydrogen-bond acceptors (Lipinski definition) is 4. The second kappa shape index (κ2) is 8.78. The number of phenolic OH excluding ortho intramolecular Hbond substituents is 2. The van der Waals surface area contributed by atoms with E-state index in [-0.39, 0.29) is 34.3 Å². The molecule has 0 spiro atoms. The van der Waals surface area contributed by atoms with Crippen LogP contribution in [0.1, 0.15) is 62.7 Å². The third kappa shape index (κ3) is 4.81. The first-order valence-corrected chi connectivity index (χ1v) is 7.81. The van der Waals surface area contributed by atoms with Gasteiger partial charge in [0.05, 0.1) is 6.61 Å². The monoisotopic (exact) mass is 314 g/mol. The maximum absolute atomic E-state index is 12.1. The molecule has 4 nitrogen and oxygen atoms in total. The predicted molar refractivity (Wildman–Crippen MR) is 83.7 cm³/mol. The van der Waals surface area contributed by atoms with Gasteiger partial charge in [0.2, 0.25) is 0 Å². The molecule has 0 aliphatic carbocycles. The van der Waals surface area contributed by atoms with Gasteiger partial charge in [0.15, 0.2) is 11.5 Å². The zero-order valence-corrected chi connectivity index (χ0v) is 13.4. The fourth-order valence-electron chi connectivity index (χ4n) is 1.97. The molecule has 0 atom stereocenters. The summed E-state index contributed by atoms with van der Waals surface area (Å²) in [5.74, 6) is -0.791. The minimum absolute atomic E-state index is 0.0252. The number of unbranched alkanes of at least 4 members (excludes halogenated alkanes) is 3. The van der Waals surface area contributed by atoms with E-state index >= 15 is 0 Å². The maximum atomic E-state index is 12.1. The summed E-state index contributed by atoms with van der Waals surface area (Å²) in [6, 6.07) is 1.30. The first kappa shape index (κ1) is 17.6. The number of ketones is 1. The van der Waals surface area contributed by atoms with Crippen molar-refractivity contribution in [3.05, 3.63) is 16.7 Å². The highest BCUT2D eigenvalue weighted by Crippen LogP contribution is 2.42. The van der Waals surface area contributed by atoms with E-state index in [9.17, 15) is 15.0 Å². The molecule has 0 aromatic heterocycles. The number of ether oxygens (including phenoxy) is 1. The Hall–Kier alpha value is -1.42. The molecule has 118 valence electrons. The average molecular weight is 315 g/mol. The zero-order chi connectivity index (χ0) is 15.8. The Labute approximate surface area is 130 Å². The molecule has 0 saturated carbocycles. The smallest absolute Gasteiger partial charge is 0.170 e. The van der Waals surface area contributed by atoms with Crippen molar-refractivity contribution in [2.24, 2.45) is 0 Å². The van der Waals surface area contributed by atoms with Crippen molar-refractivity contribution in [2.45, 2.75) is 52.4 Å². The van der Waals surface area contributed by atoms with E-state index in [2.05, 4.69) is 0 Å². The molecule has 2 N–H and O–H groups in total. The van der Waals surface area contributed by atoms with Gasteiger partial charge in [-0.1, -0.05) is 44.7 Å². The number of Topliss-reactive ketones (excluding diaryl/α,β-unsaturated/α-hetero) is 1. The molecule has 1 aromatic rings. The normalized spacial score (nSPS) is 10.6. The molecule has 0 heterocycles. The SMILES string of the molecule is CCCCCC(=O)c1c(O)cc(OCCCC)c(Cl)c1O. The molecular formula is C16H23ClO4. The van der Waals surface area contributed by atoms with Crippen molar-refractivity contribution < 1.29 is 19.7 Å². The van der Waals surface area contributed by atoms with Crippen LogP contribution in [-0.2, 0) is 0 Å². The molecular weight excluding hydrogens is 292 g/mol. The summed E-state index contributed by atoms with van der Waals surface area (Å²) in [4.78, 5) is 12.1. The predicted octanol–water partition coefficient (Wildman–Crippen LogP) is 4.69. The van der Waals surface area contributed by atoms with Crippen molar-refractivity contribution in [3.8, 4) is 17.2 Å². The van der Waals surface area contributed by atoms with E-state index in [0.717, 1.165) is 32.1 Å². The zero-order valence-electron chi connectivity index (χ0n) is 12.6. The van der Waals surface area contributed by atoms with Gasteiger partial charge in [-0.05, 0) is 12.8 Å². The average Bonchev–Trinajstić information content (AvgIpc) is 2.45. The second-order valence-corrected chi connectivity index (χ2v) is 5.39. The largest absolute Gasteiger partial charge is 0.507 e. The van der Waals surface area contributed by atoms with Crippen LogP contribution in [0, 0.1) is 0 Å². The summed E-state index contributed by atoms with van der Waals surface area (Å²) >= 11 is 6.02. The van der Waals surface area contributed by atoms with Gasteiger partial charge in [0.1, 0.15) is 22.1 Å². The molecule has 0 aliphatic heterocycles. The molecule has 0 unspecified atom stereocenters. The first-order chi connectivity index (χ1) is 10.0. The van der Waals surface area contributed by atoms with Crippen LogP contribution < -0.4 is 4.74 Å². The number of hydrogen-bond donors (Lipinski definition) is 2. The number of aromatic hydroxyl groups is 2. The Morgan fingerprint density at radius 3 is 2.48 bits per heavy atom. The molecule has 0 saturated heterocycles. The molecule has 0 aliphatic rings. The van der Waals surface area contributed by atoms with Gasteiger partial charge in [0.25, 0.3) is 0 Å². The second-order valence-electron chi connectivity index (χ2n) is 5.01. The van der Waals surface area contributed by atoms with Crippen LogP contribution in [0.5, 0.6) is 17.2 Å². The Kier molecular flexibility index (Phi) is 7.37. The highest BCUT2D eigenvalue weighted by atomic mass is 35.5. The Balaban J connectivity index is 2.91. The lowest BCUT2D eigenvalue weighted by atomic mass is 10.0. The van der Waals surface area contributed by atoms with Gasteiger partial charge in [0, 0.05) is 12.5 Å². The topological polar surface area (TPSA) is 66.8 Å². The molecule has 0 radical (unpaired) electrons. The van der Waals surface area contributed by atoms with E-state index < -0.39 is 5.75 Å². The third-order valence-corrected chi connectivity index (χ3v) is 3.59. The van der Waals surface area contributed by atoms with Gasteiger partial charge in [-0.15, -0.1) is 0 Å². The number of rotatable bonds is 9. The number of carbonyl (C=O) groups excluding carboxylic acids is 1. The fraction of sp³-hybridized carbons (Fsp3) is 0.562. The van der Waals surface area contributed by atoms with E-state index in [1.165, 1.54) is 6.07 Å². The third-order valence-electron chi connectivity index (χ3n) is 3.23. The van der Waals surface area contributed by atoms with Crippen molar-refractivity contribution in [2.75, 3.05) is 6.61 Å². The van der Waals surface area contributed by atoms with Crippen molar-refractivity contribution in [1.29, 1.82) is 0 Å². The lowest BCUT2D eigenvalue weighted by Gasteiger charge is -2.13. The molecule has 0 bridgehead atoms. The minimum Gasteiger partial charge on any atom is -0.507 e. The van der Waals surface area contributed by atoms with Crippen molar-refractivity contribution in [1.82, 2.24) is 0 Å². The van der Waals surface area contributed by atoms with Crippen LogP contribution in [0.2, 0.25) is 5.02 Å². The number of halogens is 1. The van der Waals surface area contributed by atoms with E-state index in [1.54, 1.807) is 0 Å². The van der Waals surface area contributed by atoms with Crippen LogP contribution in [0.15, 0.2) is 6.07 Å². The fourth-order valence-corrected chi connectivity index (χ4v) is 2.18. The van der Waals surface area contributed by atoms with Gasteiger partial charge in [-0.3, -0.25) is 4.79 Å². The first-order valence-electron chi connectivity index (χ1n) is 7.43. The highest BCUT2D eigenvalue weighted by Gasteiger charge is 2.22. The summed E-state index contributed by atoms with van der Waals surface area (Å²) in [7, 11) is 0. The van der Waals surface area contributed by atoms with Gasteiger partial charge >= 0.3 is 0 Å². The Bertz CT molecular complexity index is 486. The molecule has 1 aromatic carbocycles. The lowest BCUT2D eigenvalue weighted by molar-refractivity contribution is 0.0974. The van der Waals surface area contributed by atoms with Gasteiger partial charge in [-0.2, -0.15) is 0 Å². The van der Waals surface area contributed by atoms with Crippen LogP contribution in [0.3, 0.4) is 0 Å². The van der Waals surface area contributed by atoms with Gasteiger partial charge in [-0.25, -0.2) is 0 Å². The summed E-state index contributed by atoms with van der Waals surface area (Å²) in [6.45, 7) is 4.51. The highest BCUT2D eigenvalue weighted by molar-refractivity contribution is 6.34. The quantitative estimate of drug-likeness (QED) is 0.512. The molecule has 0 amide bonds. The van der Waals surface area contributed by atoms with Crippen LogP contribution in [0.4, 0.5) is 0 Å². The van der Waals surface area contributed by atoms with E-state index in [1.807, 2.05) is 13.8 Å². The number of phenols is 2. The standard InChI is InChI=1S/C16H23ClO4/c1-3-5-7-8-11(18)14-12(19)10-13(15(17)16(14)20)21-9-6-4-2/h10,19-20H,3-9H2,1-2H3. The van der Waals surface area contributed by atoms with Crippen LogP contribution in [0.25, 0.3) is 0 Å².